The lowest BCUT2D eigenvalue weighted by Gasteiger charge is -2.29. The van der Waals surface area contributed by atoms with Crippen LogP contribution in [0.15, 0.2) is 199 Å². The van der Waals surface area contributed by atoms with E-state index in [1.54, 1.807) is 0 Å². The minimum absolute atomic E-state index is 0.271. The summed E-state index contributed by atoms with van der Waals surface area (Å²) in [4.78, 5) is 14.9. The molecule has 1 atom stereocenters. The van der Waals surface area contributed by atoms with Crippen LogP contribution in [0.1, 0.15) is 22.6 Å². The minimum atomic E-state index is 0.271. The molecule has 0 amide bonds. The van der Waals surface area contributed by atoms with Crippen molar-refractivity contribution in [3.05, 3.63) is 211 Å². The number of nitrogens with zero attached hydrogens (tertiary/aromatic N) is 3. The molecule has 2 heterocycles. The SMILES string of the molecule is c1ccc(-c2ccc(C3Cc4cc(-c5ccc6oc7ccc(-c8nc(-c9ccccc9)nc(-c9ccccc9)n8)cc7c6c5)ccc4-c4ccccc43)cc2)cc1. The zero-order chi connectivity index (χ0) is 37.7. The van der Waals surface area contributed by atoms with Crippen molar-refractivity contribution in [2.45, 2.75) is 12.3 Å². The Morgan fingerprint density at radius 2 is 0.842 bits per heavy atom. The number of hydrogen-bond acceptors (Lipinski definition) is 4. The maximum Gasteiger partial charge on any atom is 0.164 e. The lowest BCUT2D eigenvalue weighted by atomic mass is 9.75. The Labute approximate surface area is 330 Å². The molecule has 10 aromatic rings. The molecule has 0 aliphatic heterocycles. The van der Waals surface area contributed by atoms with Crippen molar-refractivity contribution in [3.63, 3.8) is 0 Å². The Bertz CT molecular complexity index is 3020. The first-order valence-electron chi connectivity index (χ1n) is 19.4. The van der Waals surface area contributed by atoms with Crippen LogP contribution in [0.3, 0.4) is 0 Å². The highest BCUT2D eigenvalue weighted by atomic mass is 16.3. The van der Waals surface area contributed by atoms with Gasteiger partial charge in [0.15, 0.2) is 17.5 Å². The summed E-state index contributed by atoms with van der Waals surface area (Å²) in [6.45, 7) is 0. The summed E-state index contributed by atoms with van der Waals surface area (Å²) in [5.74, 6) is 2.17. The molecule has 8 aromatic carbocycles. The van der Waals surface area contributed by atoms with Gasteiger partial charge in [-0.1, -0.05) is 164 Å². The van der Waals surface area contributed by atoms with Gasteiger partial charge in [0, 0.05) is 33.4 Å². The second kappa shape index (κ2) is 13.7. The van der Waals surface area contributed by atoms with Crippen LogP contribution in [0.25, 0.3) is 89.5 Å². The van der Waals surface area contributed by atoms with E-state index in [0.29, 0.717) is 17.5 Å². The topological polar surface area (TPSA) is 51.8 Å². The average molecular weight is 730 g/mol. The summed E-state index contributed by atoms with van der Waals surface area (Å²) in [5, 5.41) is 2.09. The normalized spacial score (nSPS) is 13.4. The van der Waals surface area contributed by atoms with Gasteiger partial charge < -0.3 is 4.42 Å². The molecule has 0 bridgehead atoms. The van der Waals surface area contributed by atoms with E-state index in [4.69, 9.17) is 19.4 Å². The summed E-state index contributed by atoms with van der Waals surface area (Å²) in [6.07, 6.45) is 0.937. The number of hydrogen-bond donors (Lipinski definition) is 0. The third-order valence-corrected chi connectivity index (χ3v) is 11.3. The molecule has 1 unspecified atom stereocenters. The molecule has 0 N–H and O–H groups in total. The van der Waals surface area contributed by atoms with Gasteiger partial charge in [-0.3, -0.25) is 0 Å². The maximum absolute atomic E-state index is 6.40. The molecule has 268 valence electrons. The molecule has 1 aliphatic rings. The highest BCUT2D eigenvalue weighted by molar-refractivity contribution is 6.07. The van der Waals surface area contributed by atoms with Crippen molar-refractivity contribution in [2.24, 2.45) is 0 Å². The molecule has 0 saturated carbocycles. The monoisotopic (exact) mass is 729 g/mol. The molecule has 4 heteroatoms. The van der Waals surface area contributed by atoms with E-state index in [0.717, 1.165) is 50.6 Å². The summed E-state index contributed by atoms with van der Waals surface area (Å²) in [6, 6.07) is 68.6. The van der Waals surface area contributed by atoms with Crippen molar-refractivity contribution in [1.82, 2.24) is 15.0 Å². The predicted molar refractivity (Wildman–Crippen MR) is 232 cm³/mol. The van der Waals surface area contributed by atoms with Gasteiger partial charge >= 0.3 is 0 Å². The third-order valence-electron chi connectivity index (χ3n) is 11.3. The molecule has 4 nitrogen and oxygen atoms in total. The molecule has 2 aromatic heterocycles. The Kier molecular flexibility index (Phi) is 7.92. The summed E-state index contributed by atoms with van der Waals surface area (Å²) in [7, 11) is 0. The highest BCUT2D eigenvalue weighted by Gasteiger charge is 2.26. The van der Waals surface area contributed by atoms with Crippen LogP contribution in [-0.4, -0.2) is 15.0 Å². The van der Waals surface area contributed by atoms with E-state index in [2.05, 4.69) is 121 Å². The number of rotatable bonds is 6. The first-order chi connectivity index (χ1) is 28.2. The Morgan fingerprint density at radius 1 is 0.368 bits per heavy atom. The number of aromatic nitrogens is 3. The number of furan rings is 1. The minimum Gasteiger partial charge on any atom is -0.456 e. The molecule has 1 aliphatic carbocycles. The summed E-state index contributed by atoms with van der Waals surface area (Å²) in [5.41, 5.74) is 16.0. The Hall–Kier alpha value is -7.43. The van der Waals surface area contributed by atoms with Gasteiger partial charge in [0.1, 0.15) is 11.2 Å². The van der Waals surface area contributed by atoms with Crippen molar-refractivity contribution < 1.29 is 4.42 Å². The largest absolute Gasteiger partial charge is 0.456 e. The van der Waals surface area contributed by atoms with E-state index in [1.807, 2.05) is 72.8 Å². The maximum atomic E-state index is 6.40. The van der Waals surface area contributed by atoms with Crippen LogP contribution < -0.4 is 0 Å². The van der Waals surface area contributed by atoms with Crippen LogP contribution in [0.4, 0.5) is 0 Å². The van der Waals surface area contributed by atoms with Crippen LogP contribution in [0.5, 0.6) is 0 Å². The second-order valence-corrected chi connectivity index (χ2v) is 14.8. The van der Waals surface area contributed by atoms with Crippen LogP contribution >= 0.6 is 0 Å². The Morgan fingerprint density at radius 3 is 1.49 bits per heavy atom. The third kappa shape index (κ3) is 5.99. The molecular weight excluding hydrogens is 695 g/mol. The molecule has 0 fully saturated rings. The molecule has 57 heavy (non-hydrogen) atoms. The van der Waals surface area contributed by atoms with E-state index in [9.17, 15) is 0 Å². The highest BCUT2D eigenvalue weighted by Crippen LogP contribution is 2.45. The fourth-order valence-corrected chi connectivity index (χ4v) is 8.45. The second-order valence-electron chi connectivity index (χ2n) is 14.8. The van der Waals surface area contributed by atoms with E-state index < -0.39 is 0 Å². The zero-order valence-electron chi connectivity index (χ0n) is 31.0. The zero-order valence-corrected chi connectivity index (χ0v) is 31.0. The van der Waals surface area contributed by atoms with Gasteiger partial charge in [-0.05, 0) is 86.8 Å². The van der Waals surface area contributed by atoms with Crippen LogP contribution in [-0.2, 0) is 6.42 Å². The molecule has 0 radical (unpaired) electrons. The van der Waals surface area contributed by atoms with Gasteiger partial charge in [0.25, 0.3) is 0 Å². The average Bonchev–Trinajstić information content (AvgIpc) is 3.67. The van der Waals surface area contributed by atoms with Gasteiger partial charge in [-0.15, -0.1) is 0 Å². The van der Waals surface area contributed by atoms with Crippen LogP contribution in [0, 0.1) is 0 Å². The number of benzene rings is 8. The standard InChI is InChI=1S/C53H35N3O/c1-4-12-34(13-5-1)35-20-22-36(23-21-35)46-33-42-30-39(24-27-43(42)44-18-10-11-19-45(44)46)40-25-28-49-47(31-40)48-32-41(26-29-50(48)57-49)53-55-51(37-14-6-2-7-15-37)54-52(56-53)38-16-8-3-9-17-38/h1-32,46H,33H2. The molecule has 11 rings (SSSR count). The summed E-state index contributed by atoms with van der Waals surface area (Å²) >= 11 is 0. The molecule has 0 saturated heterocycles. The van der Waals surface area contributed by atoms with E-state index in [-0.39, 0.29) is 5.92 Å². The van der Waals surface area contributed by atoms with Crippen molar-refractivity contribution in [1.29, 1.82) is 0 Å². The quantitative estimate of drug-likeness (QED) is 0.171. The van der Waals surface area contributed by atoms with E-state index >= 15 is 0 Å². The fraction of sp³-hybridized carbons (Fsp3) is 0.0377. The van der Waals surface area contributed by atoms with Crippen molar-refractivity contribution in [2.75, 3.05) is 0 Å². The number of fused-ring (bicyclic) bond motifs is 6. The van der Waals surface area contributed by atoms with Crippen LogP contribution in [0.2, 0.25) is 0 Å². The fourth-order valence-electron chi connectivity index (χ4n) is 8.45. The van der Waals surface area contributed by atoms with Crippen molar-refractivity contribution >= 4 is 21.9 Å². The van der Waals surface area contributed by atoms with Crippen molar-refractivity contribution in [3.8, 4) is 67.5 Å². The Balaban J connectivity index is 0.972. The lowest BCUT2D eigenvalue weighted by Crippen LogP contribution is -2.12. The first-order valence-corrected chi connectivity index (χ1v) is 19.4. The van der Waals surface area contributed by atoms with Gasteiger partial charge in [0.2, 0.25) is 0 Å². The van der Waals surface area contributed by atoms with Gasteiger partial charge in [-0.2, -0.15) is 0 Å². The molecular formula is C53H35N3O. The predicted octanol–water partition coefficient (Wildman–Crippen LogP) is 13.5. The van der Waals surface area contributed by atoms with Gasteiger partial charge in [-0.25, -0.2) is 15.0 Å². The lowest BCUT2D eigenvalue weighted by molar-refractivity contribution is 0.669. The van der Waals surface area contributed by atoms with E-state index in [1.165, 1.54) is 44.5 Å². The van der Waals surface area contributed by atoms with Gasteiger partial charge in [0.05, 0.1) is 0 Å². The molecule has 0 spiro atoms. The summed E-state index contributed by atoms with van der Waals surface area (Å²) < 4.78 is 6.40. The smallest absolute Gasteiger partial charge is 0.164 e. The first kappa shape index (κ1) is 33.0.